The van der Waals surface area contributed by atoms with Crippen LogP contribution in [0.1, 0.15) is 49.4 Å². The average Bonchev–Trinajstić information content (AvgIpc) is 2.85. The fourth-order valence-corrected chi connectivity index (χ4v) is 2.64. The van der Waals surface area contributed by atoms with E-state index in [1.807, 2.05) is 11.0 Å². The summed E-state index contributed by atoms with van der Waals surface area (Å²) in [7, 11) is 0. The molecule has 0 unspecified atom stereocenters. The number of carbonyl (C=O) groups excluding carboxylic acids is 1. The monoisotopic (exact) mass is 277 g/mol. The van der Waals surface area contributed by atoms with Crippen LogP contribution in [0.3, 0.4) is 0 Å². The summed E-state index contributed by atoms with van der Waals surface area (Å²) in [5.74, 6) is -0.164. The van der Waals surface area contributed by atoms with Crippen LogP contribution in [0.4, 0.5) is 0 Å². The van der Waals surface area contributed by atoms with Crippen LogP contribution in [0, 0.1) is 6.92 Å². The van der Waals surface area contributed by atoms with Crippen LogP contribution in [-0.2, 0) is 16.0 Å². The molecule has 6 nitrogen and oxygen atoms in total. The van der Waals surface area contributed by atoms with Gasteiger partial charge in [-0.1, -0.05) is 0 Å². The van der Waals surface area contributed by atoms with Gasteiger partial charge in [-0.05, 0) is 25.8 Å². The van der Waals surface area contributed by atoms with Crippen LogP contribution in [0.2, 0.25) is 0 Å². The summed E-state index contributed by atoms with van der Waals surface area (Å²) in [6, 6.07) is 1.83. The van der Waals surface area contributed by atoms with E-state index in [0.717, 1.165) is 30.8 Å². The summed E-state index contributed by atoms with van der Waals surface area (Å²) in [6.45, 7) is 4.12. The molecule has 1 fully saturated rings. The van der Waals surface area contributed by atoms with Crippen molar-refractivity contribution in [3.8, 4) is 0 Å². The van der Waals surface area contributed by atoms with E-state index in [1.165, 1.54) is 0 Å². The van der Waals surface area contributed by atoms with E-state index in [-0.39, 0.29) is 18.4 Å². The van der Waals surface area contributed by atoms with Crippen LogP contribution in [0.15, 0.2) is 6.07 Å². The van der Waals surface area contributed by atoms with Crippen molar-refractivity contribution < 1.29 is 14.7 Å². The van der Waals surface area contributed by atoms with Crippen LogP contribution in [0.25, 0.3) is 0 Å². The Bertz CT molecular complexity index is 530. The fraction of sp³-hybridized carbons (Fsp3) is 0.571. The minimum absolute atomic E-state index is 0.00206. The molecule has 1 N–H and O–H groups in total. The van der Waals surface area contributed by atoms with Crippen LogP contribution in [0.5, 0.6) is 0 Å². The van der Waals surface area contributed by atoms with Gasteiger partial charge >= 0.3 is 5.97 Å². The number of likely N-dealkylation sites (tertiary alicyclic amines) is 1. The van der Waals surface area contributed by atoms with Gasteiger partial charge in [0.05, 0.1) is 18.2 Å². The highest BCUT2D eigenvalue weighted by Gasteiger charge is 2.29. The number of amides is 1. The van der Waals surface area contributed by atoms with Crippen molar-refractivity contribution in [1.29, 1.82) is 0 Å². The number of aromatic nitrogens is 2. The van der Waals surface area contributed by atoms with E-state index in [4.69, 9.17) is 5.11 Å². The van der Waals surface area contributed by atoms with E-state index >= 15 is 0 Å². The SMILES string of the molecule is CC(=O)N1CCC[C@@H]1c1cc(CCC(=O)O)nc(C)n1. The predicted molar refractivity (Wildman–Crippen MR) is 72.1 cm³/mol. The summed E-state index contributed by atoms with van der Waals surface area (Å²) in [5.41, 5.74) is 1.55. The highest BCUT2D eigenvalue weighted by atomic mass is 16.4. The van der Waals surface area contributed by atoms with E-state index in [0.29, 0.717) is 12.2 Å². The third-order valence-electron chi connectivity index (χ3n) is 3.50. The molecule has 1 amide bonds. The lowest BCUT2D eigenvalue weighted by atomic mass is 10.1. The van der Waals surface area contributed by atoms with Crippen molar-refractivity contribution in [3.63, 3.8) is 0 Å². The summed E-state index contributed by atoms with van der Waals surface area (Å²) < 4.78 is 0. The molecular weight excluding hydrogens is 258 g/mol. The molecule has 0 saturated carbocycles. The van der Waals surface area contributed by atoms with Crippen molar-refractivity contribution in [2.24, 2.45) is 0 Å². The maximum Gasteiger partial charge on any atom is 0.303 e. The molecule has 1 aromatic rings. The molecule has 108 valence electrons. The number of carbonyl (C=O) groups is 2. The Kier molecular flexibility index (Phi) is 4.32. The highest BCUT2D eigenvalue weighted by molar-refractivity contribution is 5.74. The Hall–Kier alpha value is -1.98. The molecule has 0 radical (unpaired) electrons. The molecule has 1 atom stereocenters. The zero-order valence-electron chi connectivity index (χ0n) is 11.8. The van der Waals surface area contributed by atoms with Gasteiger partial charge in [0.1, 0.15) is 5.82 Å². The first-order chi connectivity index (χ1) is 9.47. The van der Waals surface area contributed by atoms with E-state index in [2.05, 4.69) is 9.97 Å². The van der Waals surface area contributed by atoms with Crippen molar-refractivity contribution >= 4 is 11.9 Å². The molecule has 2 heterocycles. The summed E-state index contributed by atoms with van der Waals surface area (Å²) in [6.07, 6.45) is 2.31. The van der Waals surface area contributed by atoms with E-state index < -0.39 is 5.97 Å². The molecule has 0 aliphatic carbocycles. The maximum atomic E-state index is 11.6. The number of aryl methyl sites for hydroxylation is 2. The van der Waals surface area contributed by atoms with Crippen LogP contribution in [-0.4, -0.2) is 38.4 Å². The normalized spacial score (nSPS) is 18.3. The Labute approximate surface area is 117 Å². The molecule has 1 aliphatic rings. The molecule has 2 rings (SSSR count). The summed E-state index contributed by atoms with van der Waals surface area (Å²) >= 11 is 0. The minimum atomic E-state index is -0.839. The van der Waals surface area contributed by atoms with Crippen molar-refractivity contribution in [3.05, 3.63) is 23.3 Å². The summed E-state index contributed by atoms with van der Waals surface area (Å²) in [5, 5.41) is 8.74. The molecule has 0 spiro atoms. The Morgan fingerprint density at radius 3 is 2.85 bits per heavy atom. The van der Waals surface area contributed by atoms with Gasteiger partial charge in [0, 0.05) is 25.6 Å². The second-order valence-electron chi connectivity index (χ2n) is 5.10. The predicted octanol–water partition coefficient (Wildman–Crippen LogP) is 1.49. The number of nitrogens with zero attached hydrogens (tertiary/aromatic N) is 3. The highest BCUT2D eigenvalue weighted by Crippen LogP contribution is 2.31. The Morgan fingerprint density at radius 2 is 2.20 bits per heavy atom. The molecule has 0 bridgehead atoms. The number of rotatable bonds is 4. The first kappa shape index (κ1) is 14.4. The van der Waals surface area contributed by atoms with Gasteiger partial charge < -0.3 is 10.0 Å². The van der Waals surface area contributed by atoms with Gasteiger partial charge in [-0.25, -0.2) is 9.97 Å². The quantitative estimate of drug-likeness (QED) is 0.901. The van der Waals surface area contributed by atoms with Crippen molar-refractivity contribution in [2.75, 3.05) is 6.54 Å². The smallest absolute Gasteiger partial charge is 0.303 e. The van der Waals surface area contributed by atoms with E-state index in [1.54, 1.807) is 13.8 Å². The van der Waals surface area contributed by atoms with E-state index in [9.17, 15) is 9.59 Å². The van der Waals surface area contributed by atoms with Crippen molar-refractivity contribution in [2.45, 2.75) is 45.6 Å². The number of hydrogen-bond donors (Lipinski definition) is 1. The largest absolute Gasteiger partial charge is 0.481 e. The number of carboxylic acids is 1. The zero-order chi connectivity index (χ0) is 14.7. The van der Waals surface area contributed by atoms with Gasteiger partial charge in [-0.3, -0.25) is 9.59 Å². The topological polar surface area (TPSA) is 83.4 Å². The number of aliphatic carboxylic acids is 1. The second-order valence-corrected chi connectivity index (χ2v) is 5.10. The molecule has 0 aromatic carbocycles. The second kappa shape index (κ2) is 5.98. The molecular formula is C14H19N3O3. The van der Waals surface area contributed by atoms with Gasteiger partial charge in [0.25, 0.3) is 0 Å². The first-order valence-corrected chi connectivity index (χ1v) is 6.81. The molecule has 6 heteroatoms. The van der Waals surface area contributed by atoms with Crippen LogP contribution >= 0.6 is 0 Å². The Balaban J connectivity index is 2.23. The molecule has 1 aliphatic heterocycles. The third kappa shape index (κ3) is 3.31. The number of carboxylic acid groups (broad SMARTS) is 1. The molecule has 1 saturated heterocycles. The minimum Gasteiger partial charge on any atom is -0.481 e. The lowest BCUT2D eigenvalue weighted by molar-refractivity contribution is -0.137. The lowest BCUT2D eigenvalue weighted by Gasteiger charge is -2.23. The standard InChI is InChI=1S/C14H19N3O3/c1-9-15-11(5-6-14(19)20)8-12(16-9)13-4-3-7-17(13)10(2)18/h8,13H,3-7H2,1-2H3,(H,19,20)/t13-/m1/s1. The maximum absolute atomic E-state index is 11.6. The van der Waals surface area contributed by atoms with Crippen LogP contribution < -0.4 is 0 Å². The van der Waals surface area contributed by atoms with Gasteiger partial charge in [-0.2, -0.15) is 0 Å². The number of hydrogen-bond acceptors (Lipinski definition) is 4. The van der Waals surface area contributed by atoms with Gasteiger partial charge in [-0.15, -0.1) is 0 Å². The molecule has 20 heavy (non-hydrogen) atoms. The summed E-state index contributed by atoms with van der Waals surface area (Å²) in [4.78, 5) is 32.8. The lowest BCUT2D eigenvalue weighted by Crippen LogP contribution is -2.28. The zero-order valence-corrected chi connectivity index (χ0v) is 11.8. The third-order valence-corrected chi connectivity index (χ3v) is 3.50. The van der Waals surface area contributed by atoms with Gasteiger partial charge in [0.2, 0.25) is 5.91 Å². The first-order valence-electron chi connectivity index (χ1n) is 6.81. The fourth-order valence-electron chi connectivity index (χ4n) is 2.64. The van der Waals surface area contributed by atoms with Crippen molar-refractivity contribution in [1.82, 2.24) is 14.9 Å². The molecule has 1 aromatic heterocycles. The average molecular weight is 277 g/mol. The Morgan fingerprint density at radius 1 is 1.45 bits per heavy atom. The van der Waals surface area contributed by atoms with Gasteiger partial charge in [0.15, 0.2) is 0 Å².